The van der Waals surface area contributed by atoms with E-state index in [4.69, 9.17) is 4.74 Å². The van der Waals surface area contributed by atoms with E-state index in [0.29, 0.717) is 11.3 Å². The van der Waals surface area contributed by atoms with Crippen LogP contribution in [0.25, 0.3) is 10.8 Å². The maximum atomic E-state index is 12.8. The van der Waals surface area contributed by atoms with Crippen LogP contribution in [0, 0.1) is 10.1 Å². The van der Waals surface area contributed by atoms with Crippen molar-refractivity contribution in [3.05, 3.63) is 88.0 Å². The Morgan fingerprint density at radius 1 is 1.04 bits per heavy atom. The lowest BCUT2D eigenvalue weighted by Gasteiger charge is -2.29. The van der Waals surface area contributed by atoms with Gasteiger partial charge < -0.3 is 4.74 Å². The van der Waals surface area contributed by atoms with Gasteiger partial charge in [-0.15, -0.1) is 0 Å². The Hall–Kier alpha value is -3.21. The number of nitro groups is 1. The average Bonchev–Trinajstić information content (AvgIpc) is 2.91. The standard InChI is InChI=1S/C21H17NO4/c1-21(17-8-4-5-9-19(17)26-20(21)23)18(13-22(24)25)16-11-10-14-6-2-3-7-15(14)12-16/h2-12,18H,13H2,1H3/t18-,21+/m1/s1. The van der Waals surface area contributed by atoms with Crippen LogP contribution >= 0.6 is 0 Å². The molecule has 0 saturated heterocycles. The van der Waals surface area contributed by atoms with E-state index in [9.17, 15) is 14.9 Å². The molecule has 130 valence electrons. The number of carbonyl (C=O) groups excluding carboxylic acids is 1. The van der Waals surface area contributed by atoms with Crippen molar-refractivity contribution in [2.75, 3.05) is 6.54 Å². The van der Waals surface area contributed by atoms with Gasteiger partial charge in [-0.2, -0.15) is 0 Å². The summed E-state index contributed by atoms with van der Waals surface area (Å²) < 4.78 is 5.43. The van der Waals surface area contributed by atoms with Gasteiger partial charge in [-0.1, -0.05) is 60.7 Å². The Bertz CT molecular complexity index is 1030. The monoisotopic (exact) mass is 347 g/mol. The number of benzene rings is 3. The number of ether oxygens (including phenoxy) is 1. The lowest BCUT2D eigenvalue weighted by atomic mass is 9.69. The predicted octanol–water partition coefficient (Wildman–Crippen LogP) is 4.08. The third-order valence-corrected chi connectivity index (χ3v) is 5.28. The molecule has 0 radical (unpaired) electrons. The van der Waals surface area contributed by atoms with E-state index in [1.165, 1.54) is 0 Å². The minimum atomic E-state index is -1.11. The summed E-state index contributed by atoms with van der Waals surface area (Å²) in [5.74, 6) is -0.592. The molecular formula is C21H17NO4. The van der Waals surface area contributed by atoms with Gasteiger partial charge in [0.05, 0.1) is 5.92 Å². The van der Waals surface area contributed by atoms with Crippen molar-refractivity contribution in [3.8, 4) is 5.75 Å². The fourth-order valence-corrected chi connectivity index (χ4v) is 3.83. The highest BCUT2D eigenvalue weighted by Gasteiger charge is 2.53. The Labute approximate surface area is 150 Å². The van der Waals surface area contributed by atoms with E-state index in [1.54, 1.807) is 19.1 Å². The number of hydrogen-bond acceptors (Lipinski definition) is 4. The molecule has 4 rings (SSSR count). The average molecular weight is 347 g/mol. The van der Waals surface area contributed by atoms with Gasteiger partial charge >= 0.3 is 5.97 Å². The summed E-state index contributed by atoms with van der Waals surface area (Å²) in [7, 11) is 0. The fraction of sp³-hybridized carbons (Fsp3) is 0.190. The molecule has 0 fully saturated rings. The molecule has 1 aliphatic rings. The van der Waals surface area contributed by atoms with Crippen molar-refractivity contribution >= 4 is 16.7 Å². The molecule has 2 atom stereocenters. The first-order valence-electron chi connectivity index (χ1n) is 8.42. The summed E-state index contributed by atoms with van der Waals surface area (Å²) in [6.45, 7) is 1.39. The largest absolute Gasteiger partial charge is 0.426 e. The quantitative estimate of drug-likeness (QED) is 0.309. The third-order valence-electron chi connectivity index (χ3n) is 5.28. The van der Waals surface area contributed by atoms with Crippen LogP contribution in [0.3, 0.4) is 0 Å². The molecule has 1 heterocycles. The Kier molecular flexibility index (Phi) is 3.72. The van der Waals surface area contributed by atoms with Gasteiger partial charge in [0, 0.05) is 10.5 Å². The number of para-hydroxylation sites is 1. The van der Waals surface area contributed by atoms with Crippen LogP contribution in [-0.2, 0) is 10.2 Å². The van der Waals surface area contributed by atoms with Gasteiger partial charge in [-0.3, -0.25) is 14.9 Å². The molecule has 0 N–H and O–H groups in total. The van der Waals surface area contributed by atoms with E-state index in [1.807, 2.05) is 54.6 Å². The SMILES string of the molecule is C[C@]1([C@H](C[N+](=O)[O-])c2ccc3ccccc3c2)C(=O)Oc2ccccc21. The van der Waals surface area contributed by atoms with E-state index in [2.05, 4.69) is 0 Å². The minimum Gasteiger partial charge on any atom is -0.426 e. The first kappa shape index (κ1) is 16.3. The topological polar surface area (TPSA) is 69.4 Å². The van der Waals surface area contributed by atoms with Crippen molar-refractivity contribution < 1.29 is 14.5 Å². The molecule has 1 aliphatic heterocycles. The first-order valence-corrected chi connectivity index (χ1v) is 8.42. The lowest BCUT2D eigenvalue weighted by Crippen LogP contribution is -2.40. The third kappa shape index (κ3) is 2.44. The number of nitrogens with zero attached hydrogens (tertiary/aromatic N) is 1. The van der Waals surface area contributed by atoms with E-state index < -0.39 is 17.3 Å². The summed E-state index contributed by atoms with van der Waals surface area (Å²) in [5.41, 5.74) is 0.355. The van der Waals surface area contributed by atoms with Gasteiger partial charge in [0.25, 0.3) is 0 Å². The van der Waals surface area contributed by atoms with Crippen LogP contribution in [0.4, 0.5) is 0 Å². The van der Waals surface area contributed by atoms with Crippen LogP contribution in [0.2, 0.25) is 0 Å². The fourth-order valence-electron chi connectivity index (χ4n) is 3.83. The Morgan fingerprint density at radius 3 is 2.50 bits per heavy atom. The Balaban J connectivity index is 1.89. The molecule has 0 aliphatic carbocycles. The van der Waals surface area contributed by atoms with Crippen LogP contribution in [0.15, 0.2) is 66.7 Å². The number of fused-ring (bicyclic) bond motifs is 2. The number of esters is 1. The second kappa shape index (κ2) is 5.95. The second-order valence-corrected chi connectivity index (χ2v) is 6.76. The molecule has 0 spiro atoms. The van der Waals surface area contributed by atoms with E-state index in [-0.39, 0.29) is 11.5 Å². The molecule has 3 aromatic rings. The number of carbonyl (C=O) groups is 1. The summed E-state index contributed by atoms with van der Waals surface area (Å²) in [6, 6.07) is 20.7. The van der Waals surface area contributed by atoms with Gasteiger partial charge in [0.1, 0.15) is 11.2 Å². The smallest absolute Gasteiger partial charge is 0.322 e. The summed E-state index contributed by atoms with van der Waals surface area (Å²) in [5, 5.41) is 13.5. The predicted molar refractivity (Wildman–Crippen MR) is 98.0 cm³/mol. The van der Waals surface area contributed by atoms with Gasteiger partial charge in [-0.05, 0) is 29.3 Å². The van der Waals surface area contributed by atoms with Crippen molar-refractivity contribution in [2.24, 2.45) is 0 Å². The van der Waals surface area contributed by atoms with Crippen molar-refractivity contribution in [1.29, 1.82) is 0 Å². The molecule has 0 unspecified atom stereocenters. The molecule has 0 bridgehead atoms. The molecule has 0 saturated carbocycles. The zero-order valence-electron chi connectivity index (χ0n) is 14.2. The molecule has 26 heavy (non-hydrogen) atoms. The zero-order chi connectivity index (χ0) is 18.3. The molecular weight excluding hydrogens is 330 g/mol. The highest BCUT2D eigenvalue weighted by molar-refractivity contribution is 5.92. The molecule has 0 aromatic heterocycles. The maximum absolute atomic E-state index is 12.8. The Morgan fingerprint density at radius 2 is 1.73 bits per heavy atom. The van der Waals surface area contributed by atoms with E-state index in [0.717, 1.165) is 16.3 Å². The molecule has 5 nitrogen and oxygen atoms in total. The highest BCUT2D eigenvalue weighted by Crippen LogP contribution is 2.48. The van der Waals surface area contributed by atoms with Crippen molar-refractivity contribution in [2.45, 2.75) is 18.3 Å². The van der Waals surface area contributed by atoms with Crippen molar-refractivity contribution in [3.63, 3.8) is 0 Å². The summed E-state index contributed by atoms with van der Waals surface area (Å²) >= 11 is 0. The normalized spacial score (nSPS) is 19.8. The highest BCUT2D eigenvalue weighted by atomic mass is 16.6. The van der Waals surface area contributed by atoms with Crippen molar-refractivity contribution in [1.82, 2.24) is 0 Å². The molecule has 0 amide bonds. The summed E-state index contributed by atoms with van der Waals surface area (Å²) in [6.07, 6.45) is 0. The van der Waals surface area contributed by atoms with Gasteiger partial charge in [0.15, 0.2) is 0 Å². The lowest BCUT2D eigenvalue weighted by molar-refractivity contribution is -0.484. The minimum absolute atomic E-state index is 0.349. The summed E-state index contributed by atoms with van der Waals surface area (Å²) in [4.78, 5) is 23.8. The second-order valence-electron chi connectivity index (χ2n) is 6.76. The van der Waals surface area contributed by atoms with Crippen LogP contribution in [0.5, 0.6) is 5.75 Å². The van der Waals surface area contributed by atoms with Crippen LogP contribution < -0.4 is 4.74 Å². The zero-order valence-corrected chi connectivity index (χ0v) is 14.2. The number of rotatable bonds is 4. The van der Waals surface area contributed by atoms with E-state index >= 15 is 0 Å². The van der Waals surface area contributed by atoms with Gasteiger partial charge in [-0.25, -0.2) is 0 Å². The van der Waals surface area contributed by atoms with Crippen LogP contribution in [0.1, 0.15) is 24.0 Å². The molecule has 5 heteroatoms. The first-order chi connectivity index (χ1) is 12.5. The number of hydrogen-bond donors (Lipinski definition) is 0. The van der Waals surface area contributed by atoms with Gasteiger partial charge in [0.2, 0.25) is 6.54 Å². The molecule has 3 aromatic carbocycles. The van der Waals surface area contributed by atoms with Crippen LogP contribution in [-0.4, -0.2) is 17.4 Å². The maximum Gasteiger partial charge on any atom is 0.322 e.